The zero-order chi connectivity index (χ0) is 28.3. The summed E-state index contributed by atoms with van der Waals surface area (Å²) in [6, 6.07) is 0. The second-order valence-corrected chi connectivity index (χ2v) is 14.8. The van der Waals surface area contributed by atoms with Crippen molar-refractivity contribution in [3.63, 3.8) is 0 Å². The van der Waals surface area contributed by atoms with Crippen LogP contribution in [0.15, 0.2) is 69.5 Å². The Kier molecular flexibility index (Phi) is 7.19. The van der Waals surface area contributed by atoms with Crippen molar-refractivity contribution in [3.05, 3.63) is 69.5 Å². The highest BCUT2D eigenvalue weighted by Gasteiger charge is 2.68. The Morgan fingerprint density at radius 1 is 1.17 bits per heavy atom. The normalized spacial score (nSPS) is 37.4. The first-order chi connectivity index (χ1) is 19.9. The average Bonchev–Trinajstić information content (AvgIpc) is 3.46. The van der Waals surface area contributed by atoms with Gasteiger partial charge >= 0.3 is 11.9 Å². The van der Waals surface area contributed by atoms with E-state index in [0.717, 1.165) is 79.8 Å². The Bertz CT molecular complexity index is 1370. The van der Waals surface area contributed by atoms with Gasteiger partial charge in [-0.15, -0.1) is 0 Å². The van der Waals surface area contributed by atoms with Gasteiger partial charge in [-0.05, 0) is 86.5 Å². The molecule has 0 aromatic rings. The predicted octanol–water partition coefficient (Wildman–Crippen LogP) is 5.75. The Morgan fingerprint density at radius 3 is 2.90 bits per heavy atom. The molecular formula is C32H38N2O5S2. The van der Waals surface area contributed by atoms with Crippen molar-refractivity contribution in [1.82, 2.24) is 10.6 Å². The molecule has 0 radical (unpaired) electrons. The molecular weight excluding hydrogens is 556 g/mol. The van der Waals surface area contributed by atoms with Gasteiger partial charge in [0.15, 0.2) is 0 Å². The molecule has 4 heterocycles. The van der Waals surface area contributed by atoms with Crippen molar-refractivity contribution in [2.75, 3.05) is 12.4 Å². The summed E-state index contributed by atoms with van der Waals surface area (Å²) in [5.74, 6) is 2.91. The summed E-state index contributed by atoms with van der Waals surface area (Å²) in [5.41, 5.74) is 3.80. The number of cyclic esters (lactones) is 1. The third-order valence-corrected chi connectivity index (χ3v) is 12.5. The number of unbranched alkanes of at least 4 members (excludes halogenated alkanes) is 1. The summed E-state index contributed by atoms with van der Waals surface area (Å²) in [6.07, 6.45) is 15.2. The van der Waals surface area contributed by atoms with Crippen LogP contribution in [0.25, 0.3) is 0 Å². The quantitative estimate of drug-likeness (QED) is 0.273. The smallest absolute Gasteiger partial charge is 0.340 e. The predicted molar refractivity (Wildman–Crippen MR) is 160 cm³/mol. The molecule has 41 heavy (non-hydrogen) atoms. The van der Waals surface area contributed by atoms with Gasteiger partial charge in [-0.2, -0.15) is 0 Å². The van der Waals surface area contributed by atoms with Crippen molar-refractivity contribution < 1.29 is 24.2 Å². The minimum Gasteiger partial charge on any atom is -0.427 e. The van der Waals surface area contributed by atoms with Gasteiger partial charge in [0.2, 0.25) is 0 Å². The van der Waals surface area contributed by atoms with E-state index in [1.54, 1.807) is 10.8 Å². The molecule has 7 nitrogen and oxygen atoms in total. The van der Waals surface area contributed by atoms with E-state index < -0.39 is 10.9 Å². The molecule has 8 aliphatic rings. The van der Waals surface area contributed by atoms with Gasteiger partial charge in [-0.25, -0.2) is 9.59 Å². The van der Waals surface area contributed by atoms with E-state index in [1.165, 1.54) is 21.9 Å². The van der Waals surface area contributed by atoms with Crippen LogP contribution < -0.4 is 10.6 Å². The zero-order valence-electron chi connectivity index (χ0n) is 23.7. The van der Waals surface area contributed by atoms with Gasteiger partial charge in [-0.3, -0.25) is 0 Å². The minimum absolute atomic E-state index is 0.0334. The fourth-order valence-corrected chi connectivity index (χ4v) is 10.4. The Labute approximate surface area is 249 Å². The van der Waals surface area contributed by atoms with Crippen molar-refractivity contribution in [1.29, 1.82) is 0 Å². The number of aliphatic hydroxyl groups is 1. The summed E-state index contributed by atoms with van der Waals surface area (Å²) < 4.78 is 12.1. The lowest BCUT2D eigenvalue weighted by atomic mass is 9.44. The number of rotatable bonds is 2. The third-order valence-electron chi connectivity index (χ3n) is 10.1. The van der Waals surface area contributed by atoms with Crippen LogP contribution in [0.3, 0.4) is 0 Å². The molecule has 4 aliphatic heterocycles. The van der Waals surface area contributed by atoms with Crippen molar-refractivity contribution in [2.45, 2.75) is 70.7 Å². The number of allylic oxidation sites excluding steroid dienone is 7. The maximum absolute atomic E-state index is 13.9. The number of carbonyl (C=O) groups is 2. The van der Waals surface area contributed by atoms with Crippen molar-refractivity contribution in [2.24, 2.45) is 29.1 Å². The monoisotopic (exact) mass is 594 g/mol. The third kappa shape index (κ3) is 4.37. The number of aliphatic hydroxyl groups excluding tert-OH is 1. The minimum atomic E-state index is -0.659. The number of hydrogen-bond acceptors (Lipinski definition) is 9. The first kappa shape index (κ1) is 27.5. The van der Waals surface area contributed by atoms with Crippen LogP contribution in [0.1, 0.15) is 65.2 Å². The van der Waals surface area contributed by atoms with Gasteiger partial charge in [0.05, 0.1) is 22.7 Å². The highest BCUT2D eigenvalue weighted by molar-refractivity contribution is 8.76. The number of hydrogen-bond donors (Lipinski definition) is 3. The fourth-order valence-electron chi connectivity index (χ4n) is 8.32. The average molecular weight is 595 g/mol. The van der Waals surface area contributed by atoms with Crippen LogP contribution in [-0.2, 0) is 19.1 Å². The van der Waals surface area contributed by atoms with Gasteiger partial charge < -0.3 is 25.2 Å². The summed E-state index contributed by atoms with van der Waals surface area (Å²) in [7, 11) is 3.06. The number of esters is 2. The molecule has 9 heteroatoms. The molecule has 2 fully saturated rings. The molecule has 7 bridgehead atoms. The largest absolute Gasteiger partial charge is 0.427 e. The standard InChI is InChI=1S/C32H38N2O5S2/c1-3-4-5-23-21-8-7-20-19-10-12-32(27(20)26(21)29(35)38-23)24-9-6-17(2)31(37)41-40-16-34-25-15-18(11-13-33-25)14-22(19)28(32)30(36)39-24/h5,9,11,15,17,19-20,27,31,33-34,37H,3-4,6-8,10,12-14,16H2,1-2H3. The fraction of sp³-hybridized carbons (Fsp3) is 0.562. The van der Waals surface area contributed by atoms with Crippen LogP contribution in [0, 0.1) is 29.1 Å². The van der Waals surface area contributed by atoms with Gasteiger partial charge in [0.1, 0.15) is 17.0 Å². The Balaban J connectivity index is 1.40. The summed E-state index contributed by atoms with van der Waals surface area (Å²) in [5, 5.41) is 17.7. The Hall–Kier alpha value is -2.36. The van der Waals surface area contributed by atoms with Crippen molar-refractivity contribution >= 4 is 33.5 Å². The lowest BCUT2D eigenvalue weighted by molar-refractivity contribution is -0.135. The number of carbonyl (C=O) groups excluding carboxylic acids is 2. The molecule has 0 amide bonds. The van der Waals surface area contributed by atoms with Crippen LogP contribution in [0.4, 0.5) is 0 Å². The maximum Gasteiger partial charge on any atom is 0.340 e. The van der Waals surface area contributed by atoms with Gasteiger partial charge in [0, 0.05) is 23.6 Å². The van der Waals surface area contributed by atoms with Crippen LogP contribution >= 0.6 is 21.6 Å². The number of dihydropyridines is 1. The summed E-state index contributed by atoms with van der Waals surface area (Å²) >= 11 is 0. The lowest BCUT2D eigenvalue weighted by Crippen LogP contribution is -2.52. The number of fused-ring (bicyclic) bond motifs is 2. The van der Waals surface area contributed by atoms with E-state index in [2.05, 4.69) is 41.9 Å². The number of ether oxygens (including phenoxy) is 2. The van der Waals surface area contributed by atoms with E-state index in [1.807, 2.05) is 6.92 Å². The van der Waals surface area contributed by atoms with Crippen LogP contribution in [0.2, 0.25) is 0 Å². The molecule has 1 saturated carbocycles. The summed E-state index contributed by atoms with van der Waals surface area (Å²) in [4.78, 5) is 27.5. The van der Waals surface area contributed by atoms with Gasteiger partial charge in [0.25, 0.3) is 0 Å². The van der Waals surface area contributed by atoms with E-state index >= 15 is 0 Å². The molecule has 6 unspecified atom stereocenters. The maximum atomic E-state index is 13.9. The molecule has 0 aromatic carbocycles. The van der Waals surface area contributed by atoms with E-state index in [0.29, 0.717) is 18.1 Å². The van der Waals surface area contributed by atoms with Gasteiger partial charge in [-0.1, -0.05) is 53.5 Å². The summed E-state index contributed by atoms with van der Waals surface area (Å²) in [6.45, 7) is 4.88. The molecule has 8 rings (SSSR count). The molecule has 3 N–H and O–H groups in total. The molecule has 0 aromatic heterocycles. The lowest BCUT2D eigenvalue weighted by Gasteiger charge is -2.56. The molecule has 4 aliphatic carbocycles. The van der Waals surface area contributed by atoms with Crippen molar-refractivity contribution in [3.8, 4) is 0 Å². The molecule has 6 atom stereocenters. The van der Waals surface area contributed by atoms with E-state index in [4.69, 9.17) is 9.47 Å². The highest BCUT2D eigenvalue weighted by atomic mass is 33.1. The topological polar surface area (TPSA) is 96.9 Å². The van der Waals surface area contributed by atoms with Crippen LogP contribution in [-0.4, -0.2) is 34.9 Å². The highest BCUT2D eigenvalue weighted by Crippen LogP contribution is 2.71. The first-order valence-electron chi connectivity index (χ1n) is 15.1. The molecule has 1 spiro atoms. The number of nitrogens with one attached hydrogen (secondary N) is 2. The van der Waals surface area contributed by atoms with E-state index in [-0.39, 0.29) is 35.6 Å². The molecule has 218 valence electrons. The first-order valence-corrected chi connectivity index (χ1v) is 17.5. The second kappa shape index (κ2) is 10.7. The molecule has 1 saturated heterocycles. The van der Waals surface area contributed by atoms with Crippen LogP contribution in [0.5, 0.6) is 0 Å². The second-order valence-electron chi connectivity index (χ2n) is 12.3. The zero-order valence-corrected chi connectivity index (χ0v) is 25.3. The SMILES string of the molecule is CCCC=C1OC(=O)C2=C1CCC1C3CCC4(C5=CCC(C)C(O)SSCNC6=CC(=CCN6)CC3=C4C(=O)O5)C21. The Morgan fingerprint density at radius 2 is 2.05 bits per heavy atom. The van der Waals surface area contributed by atoms with E-state index in [9.17, 15) is 14.7 Å².